The van der Waals surface area contributed by atoms with Crippen LogP contribution in [0.25, 0.3) is 0 Å². The van der Waals surface area contributed by atoms with Crippen LogP contribution in [-0.4, -0.2) is 28.3 Å². The smallest absolute Gasteiger partial charge is 0.220 e. The summed E-state index contributed by atoms with van der Waals surface area (Å²) in [6, 6.07) is 11.6. The van der Waals surface area contributed by atoms with E-state index >= 15 is 0 Å². The van der Waals surface area contributed by atoms with Crippen LogP contribution in [0.15, 0.2) is 53.7 Å². The molecule has 1 aromatic heterocycles. The lowest BCUT2D eigenvalue weighted by Crippen LogP contribution is -2.28. The highest BCUT2D eigenvalue weighted by atomic mass is 32.2. The van der Waals surface area contributed by atoms with Gasteiger partial charge >= 0.3 is 0 Å². The summed E-state index contributed by atoms with van der Waals surface area (Å²) in [6.07, 6.45) is 0.965. The number of hydrogen-bond acceptors (Lipinski definition) is 4. The first-order chi connectivity index (χ1) is 10.7. The Labute approximate surface area is 132 Å². The molecule has 1 amide bonds. The summed E-state index contributed by atoms with van der Waals surface area (Å²) in [5.41, 5.74) is 0.186. The van der Waals surface area contributed by atoms with Crippen molar-refractivity contribution in [3.63, 3.8) is 0 Å². The van der Waals surface area contributed by atoms with Gasteiger partial charge in [-0.05, 0) is 18.2 Å². The SMILES string of the molecule is O=C(CCSc1ccccn1)NC[C@@H](O)c1ccccc1F. The number of aliphatic hydroxyl groups is 1. The van der Waals surface area contributed by atoms with Gasteiger partial charge in [0.05, 0.1) is 11.1 Å². The predicted molar refractivity (Wildman–Crippen MR) is 83.9 cm³/mol. The van der Waals surface area contributed by atoms with E-state index in [0.29, 0.717) is 12.2 Å². The van der Waals surface area contributed by atoms with Crippen LogP contribution >= 0.6 is 11.8 Å². The average molecular weight is 320 g/mol. The van der Waals surface area contributed by atoms with Crippen molar-refractivity contribution in [3.8, 4) is 0 Å². The highest BCUT2D eigenvalue weighted by molar-refractivity contribution is 7.99. The summed E-state index contributed by atoms with van der Waals surface area (Å²) in [5, 5.41) is 13.4. The number of nitrogens with one attached hydrogen (secondary N) is 1. The molecular formula is C16H17FN2O2S. The number of hydrogen-bond donors (Lipinski definition) is 2. The Hall–Kier alpha value is -1.92. The van der Waals surface area contributed by atoms with Gasteiger partial charge in [0, 0.05) is 30.5 Å². The van der Waals surface area contributed by atoms with Crippen molar-refractivity contribution in [1.29, 1.82) is 0 Å². The Morgan fingerprint density at radius 2 is 2.05 bits per heavy atom. The Balaban J connectivity index is 1.70. The molecule has 0 aliphatic heterocycles. The zero-order chi connectivity index (χ0) is 15.8. The van der Waals surface area contributed by atoms with Gasteiger partial charge in [-0.2, -0.15) is 0 Å². The molecule has 116 valence electrons. The highest BCUT2D eigenvalue weighted by Crippen LogP contribution is 2.16. The maximum atomic E-state index is 13.5. The number of carbonyl (C=O) groups excluding carboxylic acids is 1. The van der Waals surface area contributed by atoms with Gasteiger partial charge in [0.15, 0.2) is 0 Å². The van der Waals surface area contributed by atoms with Crippen LogP contribution in [0.4, 0.5) is 4.39 Å². The van der Waals surface area contributed by atoms with Crippen molar-refractivity contribution in [1.82, 2.24) is 10.3 Å². The summed E-state index contributed by atoms with van der Waals surface area (Å²) in [7, 11) is 0. The molecule has 2 N–H and O–H groups in total. The van der Waals surface area contributed by atoms with Crippen molar-refractivity contribution >= 4 is 17.7 Å². The van der Waals surface area contributed by atoms with E-state index < -0.39 is 11.9 Å². The maximum absolute atomic E-state index is 13.5. The van der Waals surface area contributed by atoms with E-state index in [1.807, 2.05) is 18.2 Å². The Kier molecular flexibility index (Phi) is 6.36. The van der Waals surface area contributed by atoms with Crippen molar-refractivity contribution in [3.05, 3.63) is 60.0 Å². The first-order valence-corrected chi connectivity index (χ1v) is 7.88. The second-order valence-corrected chi connectivity index (χ2v) is 5.72. The first-order valence-electron chi connectivity index (χ1n) is 6.90. The highest BCUT2D eigenvalue weighted by Gasteiger charge is 2.13. The molecule has 6 heteroatoms. The summed E-state index contributed by atoms with van der Waals surface area (Å²) in [6.45, 7) is -0.00593. The molecule has 0 spiro atoms. The van der Waals surface area contributed by atoms with E-state index in [9.17, 15) is 14.3 Å². The number of thioether (sulfide) groups is 1. The quantitative estimate of drug-likeness (QED) is 0.770. The van der Waals surface area contributed by atoms with Gasteiger partial charge in [-0.15, -0.1) is 11.8 Å². The maximum Gasteiger partial charge on any atom is 0.220 e. The minimum absolute atomic E-state index is 0.00593. The normalized spacial score (nSPS) is 11.9. The number of aromatic nitrogens is 1. The topological polar surface area (TPSA) is 62.2 Å². The summed E-state index contributed by atoms with van der Waals surface area (Å²) < 4.78 is 13.5. The van der Waals surface area contributed by atoms with Crippen LogP contribution in [0.3, 0.4) is 0 Å². The third-order valence-electron chi connectivity index (χ3n) is 2.97. The van der Waals surface area contributed by atoms with E-state index in [1.165, 1.54) is 23.9 Å². The second-order valence-electron chi connectivity index (χ2n) is 4.61. The molecule has 0 aliphatic rings. The molecule has 1 atom stereocenters. The number of pyridine rings is 1. The lowest BCUT2D eigenvalue weighted by Gasteiger charge is -2.12. The summed E-state index contributed by atoms with van der Waals surface area (Å²) in [4.78, 5) is 15.9. The van der Waals surface area contributed by atoms with Gasteiger partial charge in [0.25, 0.3) is 0 Å². The summed E-state index contributed by atoms with van der Waals surface area (Å²) >= 11 is 1.49. The van der Waals surface area contributed by atoms with Gasteiger partial charge in [-0.1, -0.05) is 24.3 Å². The van der Waals surface area contributed by atoms with E-state index in [4.69, 9.17) is 0 Å². The second kappa shape index (κ2) is 8.51. The lowest BCUT2D eigenvalue weighted by molar-refractivity contribution is -0.121. The van der Waals surface area contributed by atoms with Crippen LogP contribution in [0.5, 0.6) is 0 Å². The third-order valence-corrected chi connectivity index (χ3v) is 3.92. The number of halogens is 1. The van der Waals surface area contributed by atoms with E-state index in [2.05, 4.69) is 10.3 Å². The number of benzene rings is 1. The van der Waals surface area contributed by atoms with E-state index in [0.717, 1.165) is 5.03 Å². The van der Waals surface area contributed by atoms with Gasteiger partial charge in [0.1, 0.15) is 5.82 Å². The fraction of sp³-hybridized carbons (Fsp3) is 0.250. The van der Waals surface area contributed by atoms with Crippen LogP contribution in [0.2, 0.25) is 0 Å². The molecule has 22 heavy (non-hydrogen) atoms. The molecule has 0 aliphatic carbocycles. The standard InChI is InChI=1S/C16H17FN2O2S/c17-13-6-2-1-5-12(13)14(20)11-19-15(21)8-10-22-16-7-3-4-9-18-16/h1-7,9,14,20H,8,10-11H2,(H,19,21)/t14-/m1/s1. The largest absolute Gasteiger partial charge is 0.386 e. The molecule has 2 rings (SSSR count). The molecule has 0 saturated carbocycles. The molecule has 1 heterocycles. The number of aliphatic hydroxyl groups excluding tert-OH is 1. The first kappa shape index (κ1) is 16.5. The van der Waals surface area contributed by atoms with Crippen molar-refractivity contribution < 1.29 is 14.3 Å². The average Bonchev–Trinajstić information content (AvgIpc) is 2.54. The summed E-state index contributed by atoms with van der Waals surface area (Å²) in [5.74, 6) is -0.0627. The molecule has 0 radical (unpaired) electrons. The van der Waals surface area contributed by atoms with Crippen LogP contribution in [0.1, 0.15) is 18.1 Å². The van der Waals surface area contributed by atoms with Crippen LogP contribution in [-0.2, 0) is 4.79 Å². The number of rotatable bonds is 7. The van der Waals surface area contributed by atoms with Crippen molar-refractivity contribution in [2.75, 3.05) is 12.3 Å². The zero-order valence-corrected chi connectivity index (χ0v) is 12.7. The molecule has 0 unspecified atom stereocenters. The number of nitrogens with zero attached hydrogens (tertiary/aromatic N) is 1. The van der Waals surface area contributed by atoms with Crippen molar-refractivity contribution in [2.24, 2.45) is 0 Å². The Bertz CT molecular complexity index is 610. The molecular weight excluding hydrogens is 303 g/mol. The van der Waals surface area contributed by atoms with Gasteiger partial charge in [-0.25, -0.2) is 9.37 Å². The molecule has 4 nitrogen and oxygen atoms in total. The van der Waals surface area contributed by atoms with Gasteiger partial charge in [0.2, 0.25) is 5.91 Å². The number of carbonyl (C=O) groups is 1. The van der Waals surface area contributed by atoms with Crippen LogP contribution in [0, 0.1) is 5.82 Å². The third kappa shape index (κ3) is 5.13. The molecule has 2 aromatic rings. The zero-order valence-electron chi connectivity index (χ0n) is 11.9. The van der Waals surface area contributed by atoms with E-state index in [1.54, 1.807) is 18.3 Å². The fourth-order valence-corrected chi connectivity index (χ4v) is 2.64. The number of amides is 1. The van der Waals surface area contributed by atoms with Gasteiger partial charge in [-0.3, -0.25) is 4.79 Å². The Morgan fingerprint density at radius 3 is 2.77 bits per heavy atom. The minimum Gasteiger partial charge on any atom is -0.386 e. The minimum atomic E-state index is -1.05. The van der Waals surface area contributed by atoms with E-state index in [-0.39, 0.29) is 18.0 Å². The molecule has 0 saturated heterocycles. The molecule has 1 aromatic carbocycles. The van der Waals surface area contributed by atoms with Gasteiger partial charge < -0.3 is 10.4 Å². The molecule has 0 fully saturated rings. The Morgan fingerprint density at radius 1 is 1.27 bits per heavy atom. The van der Waals surface area contributed by atoms with Crippen LogP contribution < -0.4 is 5.32 Å². The van der Waals surface area contributed by atoms with Crippen molar-refractivity contribution in [2.45, 2.75) is 17.6 Å². The lowest BCUT2D eigenvalue weighted by atomic mass is 10.1. The predicted octanol–water partition coefficient (Wildman–Crippen LogP) is 2.55. The fourth-order valence-electron chi connectivity index (χ4n) is 1.83. The molecule has 0 bridgehead atoms. The monoisotopic (exact) mass is 320 g/mol.